The summed E-state index contributed by atoms with van der Waals surface area (Å²) in [7, 11) is 1.62. The van der Waals surface area contributed by atoms with Crippen LogP contribution in [-0.2, 0) is 16.0 Å². The van der Waals surface area contributed by atoms with E-state index >= 15 is 0 Å². The van der Waals surface area contributed by atoms with Crippen molar-refractivity contribution in [2.24, 2.45) is 5.92 Å². The Bertz CT molecular complexity index is 1160. The lowest BCUT2D eigenvalue weighted by Gasteiger charge is -2.36. The molecule has 2 aromatic rings. The average Bonchev–Trinajstić information content (AvgIpc) is 3.29. The van der Waals surface area contributed by atoms with E-state index < -0.39 is 17.6 Å². The third-order valence-electron chi connectivity index (χ3n) is 7.93. The van der Waals surface area contributed by atoms with Gasteiger partial charge in [-0.3, -0.25) is 14.5 Å². The van der Waals surface area contributed by atoms with Crippen LogP contribution < -0.4 is 5.32 Å². The zero-order chi connectivity index (χ0) is 26.9. The van der Waals surface area contributed by atoms with Crippen molar-refractivity contribution >= 4 is 23.4 Å². The fourth-order valence-electron chi connectivity index (χ4n) is 5.75. The molecule has 37 heavy (non-hydrogen) atoms. The summed E-state index contributed by atoms with van der Waals surface area (Å²) in [6.07, 6.45) is 1.82. The quantitative estimate of drug-likeness (QED) is 0.582. The first-order valence-corrected chi connectivity index (χ1v) is 13.3. The molecule has 200 valence electrons. The highest BCUT2D eigenvalue weighted by molar-refractivity contribution is 6.30. The van der Waals surface area contributed by atoms with Crippen LogP contribution in [0.15, 0.2) is 36.4 Å². The molecular formula is C29H36ClF2N3O2. The Morgan fingerprint density at radius 3 is 2.32 bits per heavy atom. The highest BCUT2D eigenvalue weighted by Gasteiger charge is 2.44. The Morgan fingerprint density at radius 1 is 1.03 bits per heavy atom. The lowest BCUT2D eigenvalue weighted by Crippen LogP contribution is -2.44. The summed E-state index contributed by atoms with van der Waals surface area (Å²) < 4.78 is 28.4. The van der Waals surface area contributed by atoms with E-state index in [-0.39, 0.29) is 35.6 Å². The molecule has 2 aliphatic heterocycles. The second-order valence-corrected chi connectivity index (χ2v) is 11.7. The standard InChI is InChI=1S/C29H36ClF2N3O2/c1-29(2,3)35-16-24(23-8-6-21(31)15-26(23)32)25(17-35)28(37)34-11-9-18(10-12-34)22-7-5-20(30)13-19(22)14-27(36)33-4/h5-8,13,15,18,24-25H,9-12,14,16-17H2,1-4H3,(H,33,36)/t24-,25+/m0/s1. The maximum atomic E-state index is 14.8. The molecule has 2 saturated heterocycles. The first-order chi connectivity index (χ1) is 17.5. The highest BCUT2D eigenvalue weighted by Crippen LogP contribution is 2.40. The third kappa shape index (κ3) is 6.15. The normalized spacial score (nSPS) is 21.3. The number of nitrogens with one attached hydrogen (secondary N) is 1. The molecule has 0 unspecified atom stereocenters. The minimum Gasteiger partial charge on any atom is -0.359 e. The number of hydrogen-bond acceptors (Lipinski definition) is 3. The first-order valence-electron chi connectivity index (χ1n) is 13.0. The van der Waals surface area contributed by atoms with Crippen LogP contribution in [0.2, 0.25) is 5.02 Å². The van der Waals surface area contributed by atoms with Crippen LogP contribution >= 0.6 is 11.6 Å². The molecule has 2 heterocycles. The van der Waals surface area contributed by atoms with Crippen LogP contribution in [0, 0.1) is 17.6 Å². The number of benzene rings is 2. The summed E-state index contributed by atoms with van der Waals surface area (Å²) in [6.45, 7) is 8.54. The number of likely N-dealkylation sites (N-methyl/N-ethyl adjacent to an activating group) is 1. The van der Waals surface area contributed by atoms with E-state index in [0.717, 1.165) is 30.0 Å². The van der Waals surface area contributed by atoms with E-state index in [0.29, 0.717) is 36.8 Å². The Morgan fingerprint density at radius 2 is 1.70 bits per heavy atom. The van der Waals surface area contributed by atoms with E-state index in [4.69, 9.17) is 11.6 Å². The molecule has 0 radical (unpaired) electrons. The number of piperidine rings is 1. The fraction of sp³-hybridized carbons (Fsp3) is 0.517. The highest BCUT2D eigenvalue weighted by atomic mass is 35.5. The van der Waals surface area contributed by atoms with Crippen LogP contribution in [0.1, 0.15) is 62.1 Å². The van der Waals surface area contributed by atoms with E-state index in [1.165, 1.54) is 12.1 Å². The van der Waals surface area contributed by atoms with E-state index in [1.807, 2.05) is 23.1 Å². The van der Waals surface area contributed by atoms with Crippen LogP contribution in [0.3, 0.4) is 0 Å². The molecule has 0 saturated carbocycles. The zero-order valence-corrected chi connectivity index (χ0v) is 22.7. The Labute approximate surface area is 223 Å². The predicted molar refractivity (Wildman–Crippen MR) is 142 cm³/mol. The number of rotatable bonds is 5. The molecule has 2 atom stereocenters. The molecule has 0 spiro atoms. The van der Waals surface area contributed by atoms with Crippen molar-refractivity contribution in [3.05, 3.63) is 69.7 Å². The maximum absolute atomic E-state index is 14.8. The Kier molecular flexibility index (Phi) is 8.24. The Hall–Kier alpha value is -2.51. The summed E-state index contributed by atoms with van der Waals surface area (Å²) in [5, 5.41) is 3.26. The molecule has 2 aromatic carbocycles. The van der Waals surface area contributed by atoms with Gasteiger partial charge in [-0.2, -0.15) is 0 Å². The SMILES string of the molecule is CNC(=O)Cc1cc(Cl)ccc1C1CCN(C(=O)[C@@H]2CN(C(C)(C)C)C[C@H]2c2ccc(F)cc2F)CC1. The van der Waals surface area contributed by atoms with Crippen LogP contribution in [0.5, 0.6) is 0 Å². The second kappa shape index (κ2) is 11.1. The minimum atomic E-state index is -0.616. The van der Waals surface area contributed by atoms with E-state index in [1.54, 1.807) is 7.05 Å². The summed E-state index contributed by atoms with van der Waals surface area (Å²) in [5.41, 5.74) is 2.25. The van der Waals surface area contributed by atoms with Gasteiger partial charge >= 0.3 is 0 Å². The van der Waals surface area contributed by atoms with Gasteiger partial charge in [-0.1, -0.05) is 23.7 Å². The lowest BCUT2D eigenvalue weighted by atomic mass is 9.84. The number of carbonyl (C=O) groups is 2. The molecule has 2 fully saturated rings. The number of hydrogen-bond donors (Lipinski definition) is 1. The van der Waals surface area contributed by atoms with Crippen LogP contribution in [0.4, 0.5) is 8.78 Å². The van der Waals surface area contributed by atoms with Gasteiger partial charge in [-0.15, -0.1) is 0 Å². The van der Waals surface area contributed by atoms with Gasteiger partial charge in [0.15, 0.2) is 0 Å². The minimum absolute atomic E-state index is 0.0283. The average molecular weight is 532 g/mol. The summed E-state index contributed by atoms with van der Waals surface area (Å²) in [5.74, 6) is -1.75. The molecule has 2 amide bonds. The lowest BCUT2D eigenvalue weighted by molar-refractivity contribution is -0.136. The van der Waals surface area contributed by atoms with E-state index in [2.05, 4.69) is 31.0 Å². The van der Waals surface area contributed by atoms with Crippen LogP contribution in [-0.4, -0.2) is 60.4 Å². The summed E-state index contributed by atoms with van der Waals surface area (Å²) >= 11 is 6.21. The van der Waals surface area contributed by atoms with Crippen molar-refractivity contribution in [3.8, 4) is 0 Å². The van der Waals surface area contributed by atoms with Gasteiger partial charge in [0.2, 0.25) is 11.8 Å². The number of likely N-dealkylation sites (tertiary alicyclic amines) is 2. The number of amides is 2. The summed E-state index contributed by atoms with van der Waals surface area (Å²) in [6, 6.07) is 9.36. The third-order valence-corrected chi connectivity index (χ3v) is 8.16. The molecule has 2 aliphatic rings. The van der Waals surface area contributed by atoms with Crippen molar-refractivity contribution in [2.45, 2.75) is 57.4 Å². The number of nitrogens with zero attached hydrogens (tertiary/aromatic N) is 2. The van der Waals surface area contributed by atoms with Gasteiger partial charge in [0, 0.05) is 55.8 Å². The van der Waals surface area contributed by atoms with E-state index in [9.17, 15) is 18.4 Å². The van der Waals surface area contributed by atoms with Crippen molar-refractivity contribution < 1.29 is 18.4 Å². The predicted octanol–water partition coefficient (Wildman–Crippen LogP) is 5.13. The number of carbonyl (C=O) groups excluding carboxylic acids is 2. The van der Waals surface area contributed by atoms with Gasteiger partial charge in [-0.05, 0) is 74.4 Å². The molecular weight excluding hydrogens is 496 g/mol. The Balaban J connectivity index is 1.51. The fourth-order valence-corrected chi connectivity index (χ4v) is 5.95. The maximum Gasteiger partial charge on any atom is 0.227 e. The monoisotopic (exact) mass is 531 g/mol. The molecule has 4 rings (SSSR count). The van der Waals surface area contributed by atoms with Crippen LogP contribution in [0.25, 0.3) is 0 Å². The van der Waals surface area contributed by atoms with Gasteiger partial charge in [0.25, 0.3) is 0 Å². The van der Waals surface area contributed by atoms with Crippen molar-refractivity contribution in [3.63, 3.8) is 0 Å². The largest absolute Gasteiger partial charge is 0.359 e. The second-order valence-electron chi connectivity index (χ2n) is 11.2. The molecule has 0 bridgehead atoms. The van der Waals surface area contributed by atoms with Gasteiger partial charge < -0.3 is 10.2 Å². The summed E-state index contributed by atoms with van der Waals surface area (Å²) in [4.78, 5) is 30.0. The zero-order valence-electron chi connectivity index (χ0n) is 22.0. The number of halogens is 3. The molecule has 0 aromatic heterocycles. The van der Waals surface area contributed by atoms with Gasteiger partial charge in [0.1, 0.15) is 11.6 Å². The smallest absolute Gasteiger partial charge is 0.227 e. The molecule has 8 heteroatoms. The van der Waals surface area contributed by atoms with Crippen molar-refractivity contribution in [1.29, 1.82) is 0 Å². The van der Waals surface area contributed by atoms with Crippen molar-refractivity contribution in [2.75, 3.05) is 33.2 Å². The molecule has 0 aliphatic carbocycles. The van der Waals surface area contributed by atoms with Crippen molar-refractivity contribution in [1.82, 2.24) is 15.1 Å². The molecule has 5 nitrogen and oxygen atoms in total. The first kappa shape index (κ1) is 27.5. The van der Waals surface area contributed by atoms with Gasteiger partial charge in [-0.25, -0.2) is 8.78 Å². The topological polar surface area (TPSA) is 52.7 Å². The molecule has 1 N–H and O–H groups in total. The van der Waals surface area contributed by atoms with Gasteiger partial charge in [0.05, 0.1) is 12.3 Å².